The van der Waals surface area contributed by atoms with Crippen LogP contribution >= 0.6 is 11.3 Å². The van der Waals surface area contributed by atoms with Gasteiger partial charge in [-0.3, -0.25) is 4.79 Å². The van der Waals surface area contributed by atoms with Crippen LogP contribution in [0.5, 0.6) is 0 Å². The molecule has 0 saturated carbocycles. The number of carbonyl (C=O) groups is 1. The summed E-state index contributed by atoms with van der Waals surface area (Å²) in [5.41, 5.74) is 2.83. The van der Waals surface area contributed by atoms with Crippen molar-refractivity contribution in [3.63, 3.8) is 0 Å². The van der Waals surface area contributed by atoms with Crippen LogP contribution in [0.25, 0.3) is 0 Å². The Morgan fingerprint density at radius 3 is 2.57 bits per heavy atom. The van der Waals surface area contributed by atoms with E-state index in [0.29, 0.717) is 18.8 Å². The topological polar surface area (TPSA) is 54.5 Å². The Labute approximate surface area is 169 Å². The lowest BCUT2D eigenvalue weighted by molar-refractivity contribution is 0.0943. The fourth-order valence-electron chi connectivity index (χ4n) is 3.25. The van der Waals surface area contributed by atoms with Crippen LogP contribution in [0.1, 0.15) is 32.4 Å². The molecule has 1 N–H and O–H groups in total. The number of aromatic nitrogens is 1. The number of anilines is 1. The minimum absolute atomic E-state index is 0.125. The third-order valence-corrected chi connectivity index (χ3v) is 5.80. The number of pyridine rings is 1. The summed E-state index contributed by atoms with van der Waals surface area (Å²) in [5, 5.41) is 5.20. The molecule has 5 nitrogen and oxygen atoms in total. The van der Waals surface area contributed by atoms with E-state index in [4.69, 9.17) is 4.74 Å². The van der Waals surface area contributed by atoms with Crippen molar-refractivity contribution in [1.29, 1.82) is 0 Å². The molecule has 3 aromatic rings. The second-order valence-corrected chi connectivity index (χ2v) is 7.82. The number of benzene rings is 1. The summed E-state index contributed by atoms with van der Waals surface area (Å²) in [6.45, 7) is 5.13. The Kier molecular flexibility index (Phi) is 5.69. The molecular weight excluding hydrogens is 370 g/mol. The normalized spacial score (nSPS) is 15.2. The second-order valence-electron chi connectivity index (χ2n) is 6.84. The maximum atomic E-state index is 12.9. The molecule has 1 aliphatic heterocycles. The number of nitrogens with zero attached hydrogens (tertiary/aromatic N) is 2. The van der Waals surface area contributed by atoms with Gasteiger partial charge in [0.15, 0.2) is 0 Å². The zero-order chi connectivity index (χ0) is 19.3. The number of rotatable bonds is 5. The highest BCUT2D eigenvalue weighted by Crippen LogP contribution is 2.27. The summed E-state index contributed by atoms with van der Waals surface area (Å²) >= 11 is 1.64. The van der Waals surface area contributed by atoms with Gasteiger partial charge in [-0.2, -0.15) is 0 Å². The molecule has 6 heteroatoms. The van der Waals surface area contributed by atoms with Crippen LogP contribution in [0.2, 0.25) is 0 Å². The Hall–Kier alpha value is -2.70. The molecule has 144 valence electrons. The van der Waals surface area contributed by atoms with Crippen LogP contribution in [0.4, 0.5) is 5.82 Å². The smallest absolute Gasteiger partial charge is 0.253 e. The van der Waals surface area contributed by atoms with Crippen molar-refractivity contribution in [2.75, 3.05) is 31.2 Å². The maximum absolute atomic E-state index is 12.9. The summed E-state index contributed by atoms with van der Waals surface area (Å²) in [7, 11) is 0. The minimum Gasteiger partial charge on any atom is -0.378 e. The molecule has 3 heterocycles. The summed E-state index contributed by atoms with van der Waals surface area (Å²) < 4.78 is 5.38. The quantitative estimate of drug-likeness (QED) is 0.716. The fourth-order valence-corrected chi connectivity index (χ4v) is 4.05. The van der Waals surface area contributed by atoms with Crippen LogP contribution in [0.15, 0.2) is 60.1 Å². The number of hydrogen-bond donors (Lipinski definition) is 1. The van der Waals surface area contributed by atoms with Crippen molar-refractivity contribution in [3.05, 3.63) is 81.7 Å². The van der Waals surface area contributed by atoms with E-state index in [0.717, 1.165) is 29.3 Å². The van der Waals surface area contributed by atoms with Gasteiger partial charge in [0.2, 0.25) is 0 Å². The van der Waals surface area contributed by atoms with Gasteiger partial charge in [0, 0.05) is 24.2 Å². The SMILES string of the molecule is Cc1ccc([C@H](NC(=O)c2ccc(N3CCOCC3)nc2)c2cccs2)cc1. The molecule has 0 radical (unpaired) electrons. The number of carbonyl (C=O) groups excluding carboxylic acids is 1. The van der Waals surface area contributed by atoms with E-state index in [1.54, 1.807) is 17.5 Å². The largest absolute Gasteiger partial charge is 0.378 e. The van der Waals surface area contributed by atoms with E-state index in [2.05, 4.69) is 52.5 Å². The first-order chi connectivity index (χ1) is 13.7. The highest BCUT2D eigenvalue weighted by atomic mass is 32.1. The van der Waals surface area contributed by atoms with E-state index < -0.39 is 0 Å². The van der Waals surface area contributed by atoms with E-state index >= 15 is 0 Å². The number of ether oxygens (including phenoxy) is 1. The van der Waals surface area contributed by atoms with E-state index in [9.17, 15) is 4.79 Å². The standard InChI is InChI=1S/C22H23N3O2S/c1-16-4-6-17(7-5-16)21(19-3-2-14-28-19)24-22(26)18-8-9-20(23-15-18)25-10-12-27-13-11-25/h2-9,14-15,21H,10-13H2,1H3,(H,24,26)/t21-/m0/s1. The van der Waals surface area contributed by atoms with Gasteiger partial charge in [0.05, 0.1) is 24.8 Å². The summed E-state index contributed by atoms with van der Waals surface area (Å²) in [5.74, 6) is 0.758. The lowest BCUT2D eigenvalue weighted by Crippen LogP contribution is -2.36. The number of hydrogen-bond acceptors (Lipinski definition) is 5. The van der Waals surface area contributed by atoms with Crippen molar-refractivity contribution >= 4 is 23.1 Å². The molecule has 1 saturated heterocycles. The van der Waals surface area contributed by atoms with E-state index in [-0.39, 0.29) is 11.9 Å². The lowest BCUT2D eigenvalue weighted by atomic mass is 10.0. The van der Waals surface area contributed by atoms with Gasteiger partial charge in [-0.15, -0.1) is 11.3 Å². The van der Waals surface area contributed by atoms with Crippen LogP contribution in [-0.4, -0.2) is 37.2 Å². The number of morpholine rings is 1. The van der Waals surface area contributed by atoms with Crippen molar-refractivity contribution in [2.24, 2.45) is 0 Å². The predicted octanol–water partition coefficient (Wildman–Crippen LogP) is 3.81. The van der Waals surface area contributed by atoms with Crippen molar-refractivity contribution < 1.29 is 9.53 Å². The van der Waals surface area contributed by atoms with Crippen LogP contribution < -0.4 is 10.2 Å². The lowest BCUT2D eigenvalue weighted by Gasteiger charge is -2.27. The molecule has 2 aromatic heterocycles. The molecule has 0 aliphatic carbocycles. The zero-order valence-corrected chi connectivity index (χ0v) is 16.6. The van der Waals surface area contributed by atoms with Gasteiger partial charge in [-0.1, -0.05) is 35.9 Å². The minimum atomic E-state index is -0.174. The highest BCUT2D eigenvalue weighted by Gasteiger charge is 2.19. The molecule has 0 bridgehead atoms. The monoisotopic (exact) mass is 393 g/mol. The molecule has 4 rings (SSSR count). The van der Waals surface area contributed by atoms with E-state index in [1.807, 2.05) is 23.6 Å². The van der Waals surface area contributed by atoms with Crippen LogP contribution in [0.3, 0.4) is 0 Å². The molecule has 28 heavy (non-hydrogen) atoms. The predicted molar refractivity (Wildman–Crippen MR) is 112 cm³/mol. The van der Waals surface area contributed by atoms with Crippen LogP contribution in [-0.2, 0) is 4.74 Å². The van der Waals surface area contributed by atoms with Crippen molar-refractivity contribution in [2.45, 2.75) is 13.0 Å². The zero-order valence-electron chi connectivity index (χ0n) is 15.8. The molecule has 0 unspecified atom stereocenters. The van der Waals surface area contributed by atoms with Crippen LogP contribution in [0, 0.1) is 6.92 Å². The molecule has 1 fully saturated rings. The first kappa shape index (κ1) is 18.7. The van der Waals surface area contributed by atoms with Gasteiger partial charge in [0.1, 0.15) is 5.82 Å². The molecule has 1 amide bonds. The number of nitrogens with one attached hydrogen (secondary N) is 1. The Bertz CT molecular complexity index is 902. The van der Waals surface area contributed by atoms with Crippen molar-refractivity contribution in [3.8, 4) is 0 Å². The third-order valence-electron chi connectivity index (χ3n) is 4.86. The second kappa shape index (κ2) is 8.54. The number of aryl methyl sites for hydroxylation is 1. The Morgan fingerprint density at radius 1 is 1.14 bits per heavy atom. The van der Waals surface area contributed by atoms with Gasteiger partial charge < -0.3 is 15.0 Å². The van der Waals surface area contributed by atoms with Crippen molar-refractivity contribution in [1.82, 2.24) is 10.3 Å². The molecular formula is C22H23N3O2S. The first-order valence-electron chi connectivity index (χ1n) is 9.40. The molecule has 1 aliphatic rings. The van der Waals surface area contributed by atoms with Gasteiger partial charge in [-0.25, -0.2) is 4.98 Å². The van der Waals surface area contributed by atoms with Gasteiger partial charge in [0.25, 0.3) is 5.91 Å². The maximum Gasteiger partial charge on any atom is 0.253 e. The van der Waals surface area contributed by atoms with Gasteiger partial charge in [-0.05, 0) is 36.1 Å². The Morgan fingerprint density at radius 2 is 1.93 bits per heavy atom. The summed E-state index contributed by atoms with van der Waals surface area (Å²) in [6, 6.07) is 15.9. The molecule has 1 aromatic carbocycles. The third kappa shape index (κ3) is 4.24. The fraction of sp³-hybridized carbons (Fsp3) is 0.273. The highest BCUT2D eigenvalue weighted by molar-refractivity contribution is 7.10. The summed E-state index contributed by atoms with van der Waals surface area (Å²) in [6.07, 6.45) is 1.65. The van der Waals surface area contributed by atoms with Gasteiger partial charge >= 0.3 is 0 Å². The number of amides is 1. The average molecular weight is 394 g/mol. The number of thiophene rings is 1. The average Bonchev–Trinajstić information content (AvgIpc) is 3.28. The first-order valence-corrected chi connectivity index (χ1v) is 10.3. The van der Waals surface area contributed by atoms with E-state index in [1.165, 1.54) is 5.56 Å². The Balaban J connectivity index is 1.52. The molecule has 1 atom stereocenters. The summed E-state index contributed by atoms with van der Waals surface area (Å²) in [4.78, 5) is 20.7. The molecule has 0 spiro atoms.